The van der Waals surface area contributed by atoms with E-state index in [1.165, 1.54) is 11.1 Å². The molecule has 3 heterocycles. The second-order valence-electron chi connectivity index (χ2n) is 13.8. The van der Waals surface area contributed by atoms with Gasteiger partial charge in [0.2, 0.25) is 32.7 Å². The van der Waals surface area contributed by atoms with Crippen molar-refractivity contribution in [2.75, 3.05) is 18.2 Å². The molecule has 55 heavy (non-hydrogen) atoms. The van der Waals surface area contributed by atoms with E-state index in [1.807, 2.05) is 26.0 Å². The van der Waals surface area contributed by atoms with Gasteiger partial charge in [-0.05, 0) is 78.1 Å². The molecule has 1 aromatic heterocycles. The standard InChI is InChI=1S/C39H37ClN6O8S/c1-39(2,25-6-9-29(10-7-25)54-22-28-14-15-42-38(44-28)55(3,51)52)26-17-23(20-41)35(31(40)19-26)53-16-4-5-33(47)43-27-8-11-30-24(18-27)21-46(37(30)50)32-12-13-34(48)45-36(32)49/h6-11,14-15,17-19,32H,4-5,12-13,16,21-22H2,1-3H3,(H,43,47)(H,45,48,49). The Labute approximate surface area is 322 Å². The third-order valence-electron chi connectivity index (χ3n) is 9.47. The van der Waals surface area contributed by atoms with Crippen LogP contribution in [0.2, 0.25) is 5.02 Å². The fourth-order valence-corrected chi connectivity index (χ4v) is 7.20. The highest BCUT2D eigenvalue weighted by Crippen LogP contribution is 2.39. The Morgan fingerprint density at radius 2 is 1.84 bits per heavy atom. The molecular formula is C39H37ClN6O8S. The van der Waals surface area contributed by atoms with Crippen LogP contribution in [0.15, 0.2) is 72.0 Å². The summed E-state index contributed by atoms with van der Waals surface area (Å²) in [4.78, 5) is 58.9. The highest BCUT2D eigenvalue weighted by molar-refractivity contribution is 7.90. The number of piperidine rings is 1. The molecule has 0 spiro atoms. The zero-order chi connectivity index (χ0) is 39.5. The zero-order valence-electron chi connectivity index (χ0n) is 30.2. The molecular weight excluding hydrogens is 748 g/mol. The number of nitrogens with zero attached hydrogens (tertiary/aromatic N) is 4. The number of ether oxygens (including phenoxy) is 2. The Hall–Kier alpha value is -5.85. The second kappa shape index (κ2) is 15.9. The van der Waals surface area contributed by atoms with Crippen molar-refractivity contribution >= 4 is 50.8 Å². The molecule has 2 N–H and O–H groups in total. The van der Waals surface area contributed by atoms with E-state index in [4.69, 9.17) is 21.1 Å². The van der Waals surface area contributed by atoms with E-state index in [9.17, 15) is 32.9 Å². The maximum atomic E-state index is 13.0. The largest absolute Gasteiger partial charge is 0.491 e. The van der Waals surface area contributed by atoms with Gasteiger partial charge in [-0.25, -0.2) is 18.4 Å². The van der Waals surface area contributed by atoms with Crippen molar-refractivity contribution in [3.05, 3.63) is 105 Å². The summed E-state index contributed by atoms with van der Waals surface area (Å²) in [6.07, 6.45) is 3.28. The first-order chi connectivity index (χ1) is 26.1. The molecule has 1 atom stereocenters. The Morgan fingerprint density at radius 1 is 1.07 bits per heavy atom. The molecule has 0 radical (unpaired) electrons. The second-order valence-corrected chi connectivity index (χ2v) is 16.1. The number of hydrogen-bond acceptors (Lipinski definition) is 11. The van der Waals surface area contributed by atoms with Crippen molar-refractivity contribution in [2.45, 2.75) is 69.3 Å². The molecule has 4 amide bonds. The van der Waals surface area contributed by atoms with Gasteiger partial charge in [-0.1, -0.05) is 37.6 Å². The van der Waals surface area contributed by atoms with E-state index in [1.54, 1.807) is 48.5 Å². The van der Waals surface area contributed by atoms with Crippen molar-refractivity contribution in [3.8, 4) is 17.6 Å². The van der Waals surface area contributed by atoms with E-state index in [0.29, 0.717) is 34.7 Å². The molecule has 4 aromatic rings. The van der Waals surface area contributed by atoms with E-state index < -0.39 is 27.2 Å². The van der Waals surface area contributed by atoms with Crippen LogP contribution >= 0.6 is 11.6 Å². The van der Waals surface area contributed by atoms with Gasteiger partial charge in [0, 0.05) is 48.5 Å². The van der Waals surface area contributed by atoms with Crippen LogP contribution in [0.3, 0.4) is 0 Å². The SMILES string of the molecule is CC(C)(c1ccc(OCc2ccnc(S(C)(=O)=O)n2)cc1)c1cc(Cl)c(OCCCC(=O)Nc2ccc3c(c2)CN(C2CCC(=O)NC2=O)C3=O)c(C#N)c1. The van der Waals surface area contributed by atoms with Crippen LogP contribution in [-0.2, 0) is 42.8 Å². The van der Waals surface area contributed by atoms with Crippen LogP contribution in [0.1, 0.15) is 77.8 Å². The molecule has 3 aromatic carbocycles. The highest BCUT2D eigenvalue weighted by Gasteiger charge is 2.39. The number of hydrogen-bond donors (Lipinski definition) is 2. The number of imide groups is 1. The third-order valence-corrected chi connectivity index (χ3v) is 10.6. The molecule has 2 aliphatic heterocycles. The number of rotatable bonds is 13. The third kappa shape index (κ3) is 8.77. The number of sulfone groups is 1. The van der Waals surface area contributed by atoms with Crippen molar-refractivity contribution < 1.29 is 37.1 Å². The number of nitrogens with one attached hydrogen (secondary N) is 2. The van der Waals surface area contributed by atoms with Crippen LogP contribution in [0, 0.1) is 11.3 Å². The topological polar surface area (TPSA) is 198 Å². The van der Waals surface area contributed by atoms with Gasteiger partial charge in [-0.2, -0.15) is 5.26 Å². The van der Waals surface area contributed by atoms with E-state index in [0.717, 1.165) is 17.4 Å². The van der Waals surface area contributed by atoms with E-state index >= 15 is 0 Å². The minimum Gasteiger partial charge on any atom is -0.491 e. The zero-order valence-corrected chi connectivity index (χ0v) is 31.8. The summed E-state index contributed by atoms with van der Waals surface area (Å²) in [5.74, 6) is -0.637. The predicted octanol–water partition coefficient (Wildman–Crippen LogP) is 4.87. The van der Waals surface area contributed by atoms with E-state index in [2.05, 4.69) is 26.7 Å². The van der Waals surface area contributed by atoms with Crippen molar-refractivity contribution in [1.82, 2.24) is 20.2 Å². The maximum Gasteiger partial charge on any atom is 0.255 e. The Bertz CT molecular complexity index is 2340. The summed E-state index contributed by atoms with van der Waals surface area (Å²) in [6.45, 7) is 4.36. The number of halogens is 1. The van der Waals surface area contributed by atoms with Crippen molar-refractivity contribution in [3.63, 3.8) is 0 Å². The Kier molecular flexibility index (Phi) is 11.2. The average Bonchev–Trinajstić information content (AvgIpc) is 3.47. The van der Waals surface area contributed by atoms with Gasteiger partial charge in [0.15, 0.2) is 5.75 Å². The molecule has 6 rings (SSSR count). The summed E-state index contributed by atoms with van der Waals surface area (Å²) < 4.78 is 35.3. The maximum absolute atomic E-state index is 13.0. The number of benzene rings is 3. The summed E-state index contributed by atoms with van der Waals surface area (Å²) in [5.41, 5.74) is 3.42. The first-order valence-electron chi connectivity index (χ1n) is 17.3. The van der Waals surface area contributed by atoms with Gasteiger partial charge >= 0.3 is 0 Å². The molecule has 1 fully saturated rings. The molecule has 284 valence electrons. The lowest BCUT2D eigenvalue weighted by Gasteiger charge is -2.29. The fourth-order valence-electron chi connectivity index (χ4n) is 6.39. The lowest BCUT2D eigenvalue weighted by atomic mass is 9.77. The van der Waals surface area contributed by atoms with Crippen LogP contribution in [0.4, 0.5) is 5.69 Å². The summed E-state index contributed by atoms with van der Waals surface area (Å²) in [5, 5.41) is 15.1. The molecule has 2 aliphatic rings. The number of amides is 4. The van der Waals surface area contributed by atoms with Gasteiger partial charge in [0.1, 0.15) is 24.5 Å². The van der Waals surface area contributed by atoms with Gasteiger partial charge in [0.05, 0.1) is 22.9 Å². The lowest BCUT2D eigenvalue weighted by Crippen LogP contribution is -2.52. The van der Waals surface area contributed by atoms with Crippen LogP contribution in [0.5, 0.6) is 11.5 Å². The van der Waals surface area contributed by atoms with Crippen LogP contribution in [-0.4, -0.2) is 65.8 Å². The Morgan fingerprint density at radius 3 is 2.55 bits per heavy atom. The van der Waals surface area contributed by atoms with Crippen LogP contribution < -0.4 is 20.1 Å². The first-order valence-corrected chi connectivity index (χ1v) is 19.6. The number of carbonyl (C=O) groups is 4. The average molecular weight is 785 g/mol. The fraction of sp³-hybridized carbons (Fsp3) is 0.308. The summed E-state index contributed by atoms with van der Waals surface area (Å²) in [7, 11) is -3.55. The minimum atomic E-state index is -3.55. The number of carbonyl (C=O) groups excluding carboxylic acids is 4. The molecule has 0 aliphatic carbocycles. The smallest absolute Gasteiger partial charge is 0.255 e. The number of aromatic nitrogens is 2. The molecule has 0 saturated carbocycles. The van der Waals surface area contributed by atoms with Gasteiger partial charge in [-0.15, -0.1) is 0 Å². The number of fused-ring (bicyclic) bond motifs is 1. The monoisotopic (exact) mass is 784 g/mol. The molecule has 0 bridgehead atoms. The summed E-state index contributed by atoms with van der Waals surface area (Å²) >= 11 is 6.66. The van der Waals surface area contributed by atoms with Gasteiger partial charge in [-0.3, -0.25) is 24.5 Å². The Balaban J connectivity index is 1.01. The van der Waals surface area contributed by atoms with Crippen molar-refractivity contribution in [2.24, 2.45) is 0 Å². The number of anilines is 1. The molecule has 16 heteroatoms. The van der Waals surface area contributed by atoms with E-state index in [-0.39, 0.29) is 78.2 Å². The number of nitriles is 1. The quantitative estimate of drug-likeness (QED) is 0.107. The molecule has 1 saturated heterocycles. The highest BCUT2D eigenvalue weighted by atomic mass is 35.5. The molecule has 1 unspecified atom stereocenters. The summed E-state index contributed by atoms with van der Waals surface area (Å²) in [6, 6.07) is 18.8. The lowest BCUT2D eigenvalue weighted by molar-refractivity contribution is -0.137. The molecule has 14 nitrogen and oxygen atoms in total. The normalized spacial score (nSPS) is 15.6. The van der Waals surface area contributed by atoms with Crippen LogP contribution in [0.25, 0.3) is 0 Å². The minimum absolute atomic E-state index is 0.0491. The predicted molar refractivity (Wildman–Crippen MR) is 200 cm³/mol. The first kappa shape index (κ1) is 38.9. The van der Waals surface area contributed by atoms with Crippen molar-refractivity contribution in [1.29, 1.82) is 5.26 Å². The van der Waals surface area contributed by atoms with Gasteiger partial charge in [0.25, 0.3) is 5.91 Å². The van der Waals surface area contributed by atoms with Gasteiger partial charge < -0.3 is 19.7 Å².